The van der Waals surface area contributed by atoms with E-state index >= 15 is 0 Å². The number of hydrogen-bond donors (Lipinski definition) is 1. The zero-order valence-electron chi connectivity index (χ0n) is 18.5. The Balaban J connectivity index is 1.72. The van der Waals surface area contributed by atoms with E-state index < -0.39 is 35.1 Å². The standard InChI is InChI=1S/C26H23F2NO5/c1-2-3-4-13-33-18-10-7-16(8-11-18)24(30)22-23(21-6-5-14-34-21)29(26(32)25(22)31)17-9-12-19(27)20(28)15-17/h5-12,14-15,23,30H,2-4,13H2,1H3/b24-22-. The summed E-state index contributed by atoms with van der Waals surface area (Å²) in [5.74, 6) is -3.85. The smallest absolute Gasteiger partial charge is 0.300 e. The molecule has 34 heavy (non-hydrogen) atoms. The Kier molecular flexibility index (Phi) is 6.77. The highest BCUT2D eigenvalue weighted by molar-refractivity contribution is 6.51. The number of aliphatic hydroxyl groups is 1. The molecule has 1 amide bonds. The molecule has 1 unspecified atom stereocenters. The van der Waals surface area contributed by atoms with Crippen LogP contribution in [-0.4, -0.2) is 23.4 Å². The number of anilines is 1. The highest BCUT2D eigenvalue weighted by Gasteiger charge is 2.48. The molecule has 1 aliphatic rings. The molecule has 0 aliphatic carbocycles. The summed E-state index contributed by atoms with van der Waals surface area (Å²) in [6, 6.07) is 11.3. The molecule has 4 rings (SSSR count). The fourth-order valence-electron chi connectivity index (χ4n) is 3.86. The van der Waals surface area contributed by atoms with Crippen molar-refractivity contribution in [3.63, 3.8) is 0 Å². The number of carbonyl (C=O) groups excluding carboxylic acids is 2. The van der Waals surface area contributed by atoms with Crippen LogP contribution < -0.4 is 9.64 Å². The molecular formula is C26H23F2NO5. The highest BCUT2D eigenvalue weighted by Crippen LogP contribution is 2.42. The lowest BCUT2D eigenvalue weighted by Gasteiger charge is -2.23. The molecule has 1 aromatic heterocycles. The van der Waals surface area contributed by atoms with Crippen LogP contribution in [0.25, 0.3) is 5.76 Å². The minimum Gasteiger partial charge on any atom is -0.507 e. The SMILES string of the molecule is CCCCCOc1ccc(/C(O)=C2/C(=O)C(=O)N(c3ccc(F)c(F)c3)C2c2ccco2)cc1. The third-order valence-electron chi connectivity index (χ3n) is 5.58. The molecule has 0 saturated carbocycles. The first-order valence-electron chi connectivity index (χ1n) is 10.9. The minimum absolute atomic E-state index is 0.0442. The van der Waals surface area contributed by atoms with Gasteiger partial charge < -0.3 is 14.3 Å². The molecule has 0 bridgehead atoms. The second-order valence-electron chi connectivity index (χ2n) is 7.86. The van der Waals surface area contributed by atoms with Gasteiger partial charge in [-0.25, -0.2) is 8.78 Å². The summed E-state index contributed by atoms with van der Waals surface area (Å²) in [7, 11) is 0. The molecule has 1 atom stereocenters. The van der Waals surface area contributed by atoms with Crippen molar-refractivity contribution in [1.29, 1.82) is 0 Å². The molecule has 0 radical (unpaired) electrons. The second kappa shape index (κ2) is 9.91. The van der Waals surface area contributed by atoms with E-state index in [2.05, 4.69) is 6.92 Å². The Hall–Kier alpha value is -3.94. The van der Waals surface area contributed by atoms with Gasteiger partial charge in [-0.1, -0.05) is 19.8 Å². The van der Waals surface area contributed by atoms with Crippen molar-refractivity contribution in [3.05, 3.63) is 89.4 Å². The van der Waals surface area contributed by atoms with E-state index in [1.165, 1.54) is 18.4 Å². The first-order valence-corrected chi connectivity index (χ1v) is 10.9. The number of furan rings is 1. The molecule has 1 saturated heterocycles. The fourth-order valence-corrected chi connectivity index (χ4v) is 3.86. The van der Waals surface area contributed by atoms with Crippen molar-refractivity contribution >= 4 is 23.1 Å². The second-order valence-corrected chi connectivity index (χ2v) is 7.86. The summed E-state index contributed by atoms with van der Waals surface area (Å²) in [5.41, 5.74) is 0.0272. The number of nitrogens with zero attached hydrogens (tertiary/aromatic N) is 1. The van der Waals surface area contributed by atoms with E-state index in [0.29, 0.717) is 17.9 Å². The predicted octanol–water partition coefficient (Wildman–Crippen LogP) is 5.75. The van der Waals surface area contributed by atoms with E-state index in [4.69, 9.17) is 9.15 Å². The van der Waals surface area contributed by atoms with Gasteiger partial charge in [-0.05, 0) is 55.0 Å². The van der Waals surface area contributed by atoms with Gasteiger partial charge in [-0.2, -0.15) is 0 Å². The monoisotopic (exact) mass is 467 g/mol. The molecule has 1 fully saturated rings. The molecule has 2 aromatic carbocycles. The Morgan fingerprint density at radius 3 is 2.47 bits per heavy atom. The molecule has 3 aromatic rings. The summed E-state index contributed by atoms with van der Waals surface area (Å²) in [5, 5.41) is 11.0. The van der Waals surface area contributed by atoms with Crippen molar-refractivity contribution in [2.75, 3.05) is 11.5 Å². The van der Waals surface area contributed by atoms with Crippen LogP contribution in [0.15, 0.2) is 70.9 Å². The van der Waals surface area contributed by atoms with Crippen LogP contribution in [0.2, 0.25) is 0 Å². The lowest BCUT2D eigenvalue weighted by Crippen LogP contribution is -2.29. The van der Waals surface area contributed by atoms with Gasteiger partial charge in [0.15, 0.2) is 11.6 Å². The first kappa shape index (κ1) is 23.2. The number of aliphatic hydroxyl groups excluding tert-OH is 1. The van der Waals surface area contributed by atoms with E-state index in [1.54, 1.807) is 30.3 Å². The van der Waals surface area contributed by atoms with Crippen LogP contribution in [-0.2, 0) is 9.59 Å². The number of ether oxygens (including phenoxy) is 1. The summed E-state index contributed by atoms with van der Waals surface area (Å²) < 4.78 is 38.5. The van der Waals surface area contributed by atoms with Crippen molar-refractivity contribution in [2.45, 2.75) is 32.2 Å². The number of hydrogen-bond acceptors (Lipinski definition) is 5. The lowest BCUT2D eigenvalue weighted by atomic mass is 9.99. The van der Waals surface area contributed by atoms with E-state index in [9.17, 15) is 23.5 Å². The molecule has 0 spiro atoms. The first-order chi connectivity index (χ1) is 16.4. The normalized spacial score (nSPS) is 17.4. The van der Waals surface area contributed by atoms with Gasteiger partial charge in [0.05, 0.1) is 18.4 Å². The number of ketones is 1. The topological polar surface area (TPSA) is 80.0 Å². The summed E-state index contributed by atoms with van der Waals surface area (Å²) in [4.78, 5) is 26.9. The summed E-state index contributed by atoms with van der Waals surface area (Å²) >= 11 is 0. The fraction of sp³-hybridized carbons (Fsp3) is 0.231. The number of halogens is 2. The van der Waals surface area contributed by atoms with Gasteiger partial charge in [0.25, 0.3) is 11.7 Å². The average Bonchev–Trinajstić information content (AvgIpc) is 3.46. The largest absolute Gasteiger partial charge is 0.507 e. The van der Waals surface area contributed by atoms with Gasteiger partial charge in [0.2, 0.25) is 0 Å². The van der Waals surface area contributed by atoms with Crippen molar-refractivity contribution in [1.82, 2.24) is 0 Å². The third kappa shape index (κ3) is 4.44. The predicted molar refractivity (Wildman–Crippen MR) is 121 cm³/mol. The molecule has 2 heterocycles. The van der Waals surface area contributed by atoms with Gasteiger partial charge in [0, 0.05) is 17.3 Å². The van der Waals surface area contributed by atoms with Crippen LogP contribution in [0.4, 0.5) is 14.5 Å². The van der Waals surface area contributed by atoms with Crippen molar-refractivity contribution in [2.24, 2.45) is 0 Å². The Bertz CT molecular complexity index is 1220. The minimum atomic E-state index is -1.17. The maximum atomic E-state index is 13.9. The maximum absolute atomic E-state index is 13.9. The number of benzene rings is 2. The number of carbonyl (C=O) groups is 2. The van der Waals surface area contributed by atoms with Gasteiger partial charge >= 0.3 is 0 Å². The van der Waals surface area contributed by atoms with Crippen LogP contribution in [0.5, 0.6) is 5.75 Å². The van der Waals surface area contributed by atoms with E-state index in [1.807, 2.05) is 0 Å². The molecular weight excluding hydrogens is 444 g/mol. The quantitative estimate of drug-likeness (QED) is 0.197. The molecule has 8 heteroatoms. The Morgan fingerprint density at radius 1 is 1.06 bits per heavy atom. The number of Topliss-reactive ketones (excluding diaryl/α,β-unsaturated/α-hetero) is 1. The Morgan fingerprint density at radius 2 is 1.82 bits per heavy atom. The van der Waals surface area contributed by atoms with Crippen LogP contribution in [0.1, 0.15) is 43.6 Å². The van der Waals surface area contributed by atoms with E-state index in [0.717, 1.165) is 36.3 Å². The van der Waals surface area contributed by atoms with Crippen molar-refractivity contribution in [3.8, 4) is 5.75 Å². The number of amides is 1. The van der Waals surface area contributed by atoms with Crippen LogP contribution in [0.3, 0.4) is 0 Å². The average molecular weight is 467 g/mol. The summed E-state index contributed by atoms with van der Waals surface area (Å²) in [6.07, 6.45) is 4.42. The highest BCUT2D eigenvalue weighted by atomic mass is 19.2. The van der Waals surface area contributed by atoms with Crippen LogP contribution in [0, 0.1) is 11.6 Å². The molecule has 6 nitrogen and oxygen atoms in total. The van der Waals surface area contributed by atoms with Crippen LogP contribution >= 0.6 is 0 Å². The molecule has 1 N–H and O–H groups in total. The van der Waals surface area contributed by atoms with Gasteiger partial charge in [-0.3, -0.25) is 14.5 Å². The van der Waals surface area contributed by atoms with Gasteiger partial charge in [0.1, 0.15) is 23.3 Å². The lowest BCUT2D eigenvalue weighted by molar-refractivity contribution is -0.132. The van der Waals surface area contributed by atoms with E-state index in [-0.39, 0.29) is 17.0 Å². The summed E-state index contributed by atoms with van der Waals surface area (Å²) in [6.45, 7) is 2.67. The van der Waals surface area contributed by atoms with Crippen molar-refractivity contribution < 1.29 is 32.6 Å². The molecule has 1 aliphatic heterocycles. The van der Waals surface area contributed by atoms with Gasteiger partial charge in [-0.15, -0.1) is 0 Å². The maximum Gasteiger partial charge on any atom is 0.300 e. The third-order valence-corrected chi connectivity index (χ3v) is 5.58. The zero-order chi connectivity index (χ0) is 24.2. The molecule has 176 valence electrons. The Labute approximate surface area is 195 Å². The number of rotatable bonds is 8. The number of unbranched alkanes of at least 4 members (excludes halogenated alkanes) is 2. The zero-order valence-corrected chi connectivity index (χ0v) is 18.5.